The van der Waals surface area contributed by atoms with Crippen LogP contribution < -0.4 is 15.0 Å². The van der Waals surface area contributed by atoms with Gasteiger partial charge in [0.2, 0.25) is 0 Å². The molecule has 28 heavy (non-hydrogen) atoms. The summed E-state index contributed by atoms with van der Waals surface area (Å²) in [6.45, 7) is 0.256. The Hall–Kier alpha value is -3.45. The van der Waals surface area contributed by atoms with Gasteiger partial charge >= 0.3 is 11.8 Å². The number of nitrogens with zero attached hydrogens (tertiary/aromatic N) is 1. The van der Waals surface area contributed by atoms with Crippen molar-refractivity contribution in [2.24, 2.45) is 0 Å². The summed E-state index contributed by atoms with van der Waals surface area (Å²) in [4.78, 5) is 39.0. The van der Waals surface area contributed by atoms with Crippen LogP contribution in [-0.2, 0) is 16.1 Å². The van der Waals surface area contributed by atoms with Crippen LogP contribution in [0.1, 0.15) is 15.2 Å². The van der Waals surface area contributed by atoms with Crippen LogP contribution in [0.15, 0.2) is 66.0 Å². The molecule has 0 fully saturated rings. The predicted octanol–water partition coefficient (Wildman–Crippen LogP) is 3.74. The number of carbonyl (C=O) groups excluding carboxylic acids is 3. The van der Waals surface area contributed by atoms with E-state index >= 15 is 0 Å². The average molecular weight is 394 g/mol. The highest BCUT2D eigenvalue weighted by Gasteiger charge is 2.24. The minimum atomic E-state index is -0.818. The number of hydrogen-bond acceptors (Lipinski definition) is 5. The van der Waals surface area contributed by atoms with E-state index in [0.29, 0.717) is 29.0 Å². The number of methoxy groups -OCH3 is 1. The molecule has 0 radical (unpaired) electrons. The van der Waals surface area contributed by atoms with Gasteiger partial charge in [0.15, 0.2) is 6.29 Å². The van der Waals surface area contributed by atoms with Crippen molar-refractivity contribution >= 4 is 40.8 Å². The normalized spacial score (nSPS) is 10.2. The van der Waals surface area contributed by atoms with Crippen LogP contribution in [0.2, 0.25) is 0 Å². The molecule has 6 nitrogen and oxygen atoms in total. The van der Waals surface area contributed by atoms with Crippen molar-refractivity contribution in [3.63, 3.8) is 0 Å². The van der Waals surface area contributed by atoms with E-state index in [9.17, 15) is 14.4 Å². The van der Waals surface area contributed by atoms with E-state index in [2.05, 4.69) is 5.32 Å². The average Bonchev–Trinajstić information content (AvgIpc) is 3.25. The zero-order valence-corrected chi connectivity index (χ0v) is 15.9. The van der Waals surface area contributed by atoms with Crippen molar-refractivity contribution in [2.75, 3.05) is 17.3 Å². The van der Waals surface area contributed by atoms with Gasteiger partial charge < -0.3 is 10.1 Å². The molecule has 0 bridgehead atoms. The van der Waals surface area contributed by atoms with E-state index in [0.717, 1.165) is 4.88 Å². The maximum absolute atomic E-state index is 12.9. The maximum atomic E-state index is 12.9. The lowest BCUT2D eigenvalue weighted by Gasteiger charge is -2.22. The molecule has 2 amide bonds. The van der Waals surface area contributed by atoms with Crippen molar-refractivity contribution < 1.29 is 19.1 Å². The number of anilines is 2. The van der Waals surface area contributed by atoms with Gasteiger partial charge in [0, 0.05) is 16.1 Å². The maximum Gasteiger partial charge on any atom is 0.316 e. The van der Waals surface area contributed by atoms with E-state index in [-0.39, 0.29) is 6.54 Å². The number of thiophene rings is 1. The van der Waals surface area contributed by atoms with Crippen LogP contribution >= 0.6 is 11.3 Å². The molecule has 0 aliphatic carbocycles. The van der Waals surface area contributed by atoms with Gasteiger partial charge in [-0.25, -0.2) is 0 Å². The lowest BCUT2D eigenvalue weighted by molar-refractivity contribution is -0.134. The number of amides is 2. The predicted molar refractivity (Wildman–Crippen MR) is 109 cm³/mol. The van der Waals surface area contributed by atoms with E-state index in [1.807, 2.05) is 17.5 Å². The molecule has 3 aromatic rings. The smallest absolute Gasteiger partial charge is 0.316 e. The van der Waals surface area contributed by atoms with E-state index in [4.69, 9.17) is 4.74 Å². The molecule has 0 saturated carbocycles. The molecule has 0 spiro atoms. The molecule has 0 saturated heterocycles. The van der Waals surface area contributed by atoms with Crippen LogP contribution in [0.5, 0.6) is 5.75 Å². The largest absolute Gasteiger partial charge is 0.497 e. The first-order valence-electron chi connectivity index (χ1n) is 8.46. The van der Waals surface area contributed by atoms with Gasteiger partial charge in [-0.1, -0.05) is 18.2 Å². The van der Waals surface area contributed by atoms with Gasteiger partial charge in [-0.2, -0.15) is 0 Å². The van der Waals surface area contributed by atoms with E-state index in [1.54, 1.807) is 55.6 Å². The fourth-order valence-electron chi connectivity index (χ4n) is 2.61. The highest BCUT2D eigenvalue weighted by Crippen LogP contribution is 2.23. The van der Waals surface area contributed by atoms with Crippen LogP contribution in [0.4, 0.5) is 11.4 Å². The fourth-order valence-corrected chi connectivity index (χ4v) is 3.31. The van der Waals surface area contributed by atoms with Gasteiger partial charge in [0.1, 0.15) is 5.75 Å². The lowest BCUT2D eigenvalue weighted by atomic mass is 10.2. The second-order valence-electron chi connectivity index (χ2n) is 5.83. The summed E-state index contributed by atoms with van der Waals surface area (Å²) in [5, 5.41) is 4.44. The summed E-state index contributed by atoms with van der Waals surface area (Å²) >= 11 is 1.50. The zero-order valence-electron chi connectivity index (χ0n) is 15.1. The molecule has 2 aromatic carbocycles. The fraction of sp³-hybridized carbons (Fsp3) is 0.0952. The third-order valence-corrected chi connectivity index (χ3v) is 4.91. The zero-order chi connectivity index (χ0) is 19.9. The van der Waals surface area contributed by atoms with Crippen molar-refractivity contribution in [3.8, 4) is 5.75 Å². The SMILES string of the molecule is COc1ccc(N(Cc2cccs2)C(=O)C(=O)Nc2ccccc2C=O)cc1. The van der Waals surface area contributed by atoms with Crippen molar-refractivity contribution in [2.45, 2.75) is 6.54 Å². The Morgan fingerprint density at radius 1 is 1.07 bits per heavy atom. The van der Waals surface area contributed by atoms with Crippen molar-refractivity contribution in [3.05, 3.63) is 76.5 Å². The molecule has 142 valence electrons. The Morgan fingerprint density at radius 3 is 2.46 bits per heavy atom. The first-order valence-corrected chi connectivity index (χ1v) is 9.34. The summed E-state index contributed by atoms with van der Waals surface area (Å²) < 4.78 is 5.15. The second-order valence-corrected chi connectivity index (χ2v) is 6.86. The van der Waals surface area contributed by atoms with Gasteiger partial charge in [0.25, 0.3) is 0 Å². The number of nitrogens with one attached hydrogen (secondary N) is 1. The summed E-state index contributed by atoms with van der Waals surface area (Å²) in [5.41, 5.74) is 1.16. The first kappa shape index (κ1) is 19.3. The van der Waals surface area contributed by atoms with E-state index in [1.165, 1.54) is 16.2 Å². The molecule has 0 atom stereocenters. The summed E-state index contributed by atoms with van der Waals surface area (Å²) in [6.07, 6.45) is 0.632. The lowest BCUT2D eigenvalue weighted by Crippen LogP contribution is -2.39. The number of hydrogen-bond donors (Lipinski definition) is 1. The molecular formula is C21H18N2O4S. The van der Waals surface area contributed by atoms with Gasteiger partial charge in [0.05, 0.1) is 19.3 Å². The Balaban J connectivity index is 1.86. The summed E-state index contributed by atoms with van der Waals surface area (Å²) in [7, 11) is 1.56. The molecule has 3 rings (SSSR count). The number of ether oxygens (including phenoxy) is 1. The molecule has 1 N–H and O–H groups in total. The number of carbonyl (C=O) groups is 3. The van der Waals surface area contributed by atoms with Gasteiger partial charge in [-0.05, 0) is 47.8 Å². The molecule has 7 heteroatoms. The quantitative estimate of drug-likeness (QED) is 0.510. The molecule has 0 aliphatic heterocycles. The standard InChI is InChI=1S/C21H18N2O4S/c1-27-17-10-8-16(9-11-17)23(13-18-6-4-12-28-18)21(26)20(25)22-19-7-3-2-5-15(19)14-24/h2-12,14H,13H2,1H3,(H,22,25). The Bertz CT molecular complexity index is 968. The third kappa shape index (κ3) is 4.44. The van der Waals surface area contributed by atoms with Gasteiger partial charge in [-0.3, -0.25) is 19.3 Å². The Labute approximate surface area is 166 Å². The minimum Gasteiger partial charge on any atom is -0.497 e. The summed E-state index contributed by atoms with van der Waals surface area (Å²) in [6, 6.07) is 17.2. The first-order chi connectivity index (χ1) is 13.6. The monoisotopic (exact) mass is 394 g/mol. The minimum absolute atomic E-state index is 0.256. The number of benzene rings is 2. The molecule has 0 aliphatic rings. The third-order valence-electron chi connectivity index (χ3n) is 4.05. The molecular weight excluding hydrogens is 376 g/mol. The van der Waals surface area contributed by atoms with Crippen LogP contribution in [-0.4, -0.2) is 25.2 Å². The van der Waals surface area contributed by atoms with Crippen molar-refractivity contribution in [1.82, 2.24) is 0 Å². The highest BCUT2D eigenvalue weighted by atomic mass is 32.1. The summed E-state index contributed by atoms with van der Waals surface area (Å²) in [5.74, 6) is -0.891. The molecule has 1 aromatic heterocycles. The van der Waals surface area contributed by atoms with Crippen LogP contribution in [0, 0.1) is 0 Å². The number of rotatable bonds is 6. The van der Waals surface area contributed by atoms with Crippen LogP contribution in [0.25, 0.3) is 0 Å². The molecule has 0 unspecified atom stereocenters. The second kappa shape index (κ2) is 8.96. The number of aldehydes is 1. The highest BCUT2D eigenvalue weighted by molar-refractivity contribution is 7.09. The molecule has 1 heterocycles. The van der Waals surface area contributed by atoms with Crippen LogP contribution in [0.3, 0.4) is 0 Å². The Morgan fingerprint density at radius 2 is 1.82 bits per heavy atom. The number of para-hydroxylation sites is 1. The van der Waals surface area contributed by atoms with Crippen molar-refractivity contribution in [1.29, 1.82) is 0 Å². The van der Waals surface area contributed by atoms with Gasteiger partial charge in [-0.15, -0.1) is 11.3 Å². The Kier molecular flexibility index (Phi) is 6.18. The topological polar surface area (TPSA) is 75.7 Å². The van der Waals surface area contributed by atoms with E-state index < -0.39 is 11.8 Å².